The number of nitrogens with one attached hydrogen (secondary N) is 2. The molecule has 30 heavy (non-hydrogen) atoms. The van der Waals surface area contributed by atoms with Crippen molar-refractivity contribution >= 4 is 23.4 Å². The summed E-state index contributed by atoms with van der Waals surface area (Å²) in [5, 5.41) is 6.59. The molecule has 0 aromatic heterocycles. The van der Waals surface area contributed by atoms with Gasteiger partial charge in [-0.1, -0.05) is 24.3 Å². The van der Waals surface area contributed by atoms with Crippen LogP contribution in [0.2, 0.25) is 0 Å². The van der Waals surface area contributed by atoms with Crippen molar-refractivity contribution in [2.24, 2.45) is 11.8 Å². The third-order valence-electron chi connectivity index (χ3n) is 7.40. The quantitative estimate of drug-likeness (QED) is 0.663. The Balaban J connectivity index is 1.19. The summed E-state index contributed by atoms with van der Waals surface area (Å²) in [6.45, 7) is 1.54. The largest absolute Gasteiger partial charge is 0.362 e. The van der Waals surface area contributed by atoms with Gasteiger partial charge in [0.1, 0.15) is 11.3 Å². The SMILES string of the molecule is CN1C[C@@]23C=C[C@@H](O2)[C@H](C(=O)N2CCC4(CC2)NC(=O)c2ccccc2N4)[C@@H]3C1=O. The highest BCUT2D eigenvalue weighted by atomic mass is 16.5. The van der Waals surface area contributed by atoms with Crippen LogP contribution in [0.3, 0.4) is 0 Å². The van der Waals surface area contributed by atoms with Crippen molar-refractivity contribution in [2.45, 2.75) is 30.2 Å². The van der Waals surface area contributed by atoms with E-state index in [1.165, 1.54) is 0 Å². The molecule has 8 nitrogen and oxygen atoms in total. The lowest BCUT2D eigenvalue weighted by Gasteiger charge is -2.46. The van der Waals surface area contributed by atoms with Crippen molar-refractivity contribution in [3.8, 4) is 0 Å². The van der Waals surface area contributed by atoms with Gasteiger partial charge in [0.15, 0.2) is 0 Å². The average Bonchev–Trinajstić information content (AvgIpc) is 3.36. The van der Waals surface area contributed by atoms with Crippen LogP contribution in [-0.2, 0) is 14.3 Å². The number of piperidine rings is 1. The first-order valence-electron chi connectivity index (χ1n) is 10.5. The highest BCUT2D eigenvalue weighted by molar-refractivity contribution is 6.02. The van der Waals surface area contributed by atoms with Gasteiger partial charge >= 0.3 is 0 Å². The molecular formula is C22H24N4O4. The molecule has 156 valence electrons. The summed E-state index contributed by atoms with van der Waals surface area (Å²) in [4.78, 5) is 42.3. The summed E-state index contributed by atoms with van der Waals surface area (Å²) >= 11 is 0. The van der Waals surface area contributed by atoms with E-state index < -0.39 is 23.1 Å². The molecule has 0 radical (unpaired) electrons. The molecule has 5 aliphatic rings. The molecule has 2 N–H and O–H groups in total. The molecule has 3 saturated heterocycles. The van der Waals surface area contributed by atoms with Crippen molar-refractivity contribution in [2.75, 3.05) is 32.0 Å². The third kappa shape index (κ3) is 2.28. The summed E-state index contributed by atoms with van der Waals surface area (Å²) in [6, 6.07) is 7.47. The van der Waals surface area contributed by atoms with Gasteiger partial charge in [-0.3, -0.25) is 14.4 Å². The van der Waals surface area contributed by atoms with E-state index in [4.69, 9.17) is 4.74 Å². The van der Waals surface area contributed by atoms with Crippen LogP contribution in [0.25, 0.3) is 0 Å². The van der Waals surface area contributed by atoms with E-state index in [1.807, 2.05) is 35.3 Å². The Labute approximate surface area is 174 Å². The van der Waals surface area contributed by atoms with E-state index in [1.54, 1.807) is 18.0 Å². The topological polar surface area (TPSA) is 91.0 Å². The number of fused-ring (bicyclic) bond motifs is 2. The maximum Gasteiger partial charge on any atom is 0.255 e. The minimum atomic E-state index is -0.642. The number of nitrogens with zero attached hydrogens (tertiary/aromatic N) is 2. The van der Waals surface area contributed by atoms with Crippen molar-refractivity contribution in [3.05, 3.63) is 42.0 Å². The first-order valence-corrected chi connectivity index (χ1v) is 10.5. The monoisotopic (exact) mass is 408 g/mol. The molecule has 3 amide bonds. The van der Waals surface area contributed by atoms with Crippen LogP contribution >= 0.6 is 0 Å². The number of hydrogen-bond donors (Lipinski definition) is 2. The molecule has 1 aromatic carbocycles. The average molecular weight is 408 g/mol. The van der Waals surface area contributed by atoms with E-state index in [0.717, 1.165) is 5.69 Å². The number of ether oxygens (including phenoxy) is 1. The first-order chi connectivity index (χ1) is 14.4. The zero-order chi connectivity index (χ0) is 20.7. The molecule has 2 spiro atoms. The Bertz CT molecular complexity index is 999. The molecule has 8 heteroatoms. The molecule has 4 atom stereocenters. The Morgan fingerprint density at radius 1 is 1.17 bits per heavy atom. The Kier molecular flexibility index (Phi) is 3.50. The molecule has 1 aromatic rings. The summed E-state index contributed by atoms with van der Waals surface area (Å²) in [6.07, 6.45) is 4.80. The number of anilines is 1. The van der Waals surface area contributed by atoms with Crippen molar-refractivity contribution in [3.63, 3.8) is 0 Å². The van der Waals surface area contributed by atoms with Crippen LogP contribution in [0.15, 0.2) is 36.4 Å². The second-order valence-corrected chi connectivity index (χ2v) is 9.13. The fraction of sp³-hybridized carbons (Fsp3) is 0.500. The van der Waals surface area contributed by atoms with Crippen LogP contribution in [0, 0.1) is 11.8 Å². The summed E-state index contributed by atoms with van der Waals surface area (Å²) < 4.78 is 6.12. The lowest BCUT2D eigenvalue weighted by atomic mass is 9.76. The van der Waals surface area contributed by atoms with E-state index in [2.05, 4.69) is 10.6 Å². The fourth-order valence-electron chi connectivity index (χ4n) is 5.91. The zero-order valence-corrected chi connectivity index (χ0v) is 16.8. The number of hydrogen-bond acceptors (Lipinski definition) is 5. The molecule has 2 bridgehead atoms. The molecule has 6 rings (SSSR count). The minimum Gasteiger partial charge on any atom is -0.362 e. The lowest BCUT2D eigenvalue weighted by molar-refractivity contribution is -0.144. The number of amides is 3. The number of para-hydroxylation sites is 1. The molecule has 0 saturated carbocycles. The molecule has 3 fully saturated rings. The molecule has 0 unspecified atom stereocenters. The van der Waals surface area contributed by atoms with Crippen LogP contribution in [0.5, 0.6) is 0 Å². The molecule has 5 aliphatic heterocycles. The van der Waals surface area contributed by atoms with E-state index >= 15 is 0 Å². The highest BCUT2D eigenvalue weighted by Gasteiger charge is 2.66. The fourth-order valence-corrected chi connectivity index (χ4v) is 5.91. The second kappa shape index (κ2) is 5.85. The maximum absolute atomic E-state index is 13.4. The standard InChI is InChI=1S/C22H24N4O4/c1-25-12-21-7-6-15(30-21)16(17(21)20(25)29)19(28)26-10-8-22(9-11-26)23-14-5-3-2-4-13(14)18(27)24-22/h2-7,15-17,23H,8-12H2,1H3,(H,24,27)/t15-,16+,17-,21-/m1/s1. The van der Waals surface area contributed by atoms with Crippen molar-refractivity contribution in [1.29, 1.82) is 0 Å². The summed E-state index contributed by atoms with van der Waals surface area (Å²) in [5.41, 5.74) is 0.282. The maximum atomic E-state index is 13.4. The minimum absolute atomic E-state index is 0.00787. The number of likely N-dealkylation sites (N-methyl/N-ethyl adjacent to an activating group) is 1. The van der Waals surface area contributed by atoms with Gasteiger partial charge in [-0.05, 0) is 12.1 Å². The third-order valence-corrected chi connectivity index (χ3v) is 7.40. The first kappa shape index (κ1) is 17.9. The van der Waals surface area contributed by atoms with Gasteiger partial charge in [0.05, 0.1) is 30.0 Å². The second-order valence-electron chi connectivity index (χ2n) is 9.13. The van der Waals surface area contributed by atoms with E-state index in [0.29, 0.717) is 38.0 Å². The number of rotatable bonds is 1. The predicted molar refractivity (Wildman–Crippen MR) is 107 cm³/mol. The van der Waals surface area contributed by atoms with Crippen molar-refractivity contribution < 1.29 is 19.1 Å². The normalized spacial score (nSPS) is 35.3. The van der Waals surface area contributed by atoms with Gasteiger partial charge in [-0.15, -0.1) is 0 Å². The number of carbonyl (C=O) groups excluding carboxylic acids is 3. The van der Waals surface area contributed by atoms with Crippen LogP contribution in [0.4, 0.5) is 5.69 Å². The van der Waals surface area contributed by atoms with E-state index in [-0.39, 0.29) is 23.8 Å². The Morgan fingerprint density at radius 3 is 2.73 bits per heavy atom. The van der Waals surface area contributed by atoms with Gasteiger partial charge in [0.2, 0.25) is 11.8 Å². The van der Waals surface area contributed by atoms with Crippen LogP contribution in [0.1, 0.15) is 23.2 Å². The van der Waals surface area contributed by atoms with Gasteiger partial charge in [0.25, 0.3) is 5.91 Å². The van der Waals surface area contributed by atoms with Crippen LogP contribution in [-0.4, -0.2) is 71.6 Å². The van der Waals surface area contributed by atoms with Gasteiger partial charge < -0.3 is 25.2 Å². The summed E-state index contributed by atoms with van der Waals surface area (Å²) in [5.74, 6) is -1.00. The smallest absolute Gasteiger partial charge is 0.255 e. The number of carbonyl (C=O) groups is 3. The van der Waals surface area contributed by atoms with Gasteiger partial charge in [0, 0.05) is 38.7 Å². The number of likely N-dealkylation sites (tertiary alicyclic amines) is 2. The highest BCUT2D eigenvalue weighted by Crippen LogP contribution is 2.52. The molecule has 0 aliphatic carbocycles. The molecular weight excluding hydrogens is 384 g/mol. The Hall–Kier alpha value is -2.87. The van der Waals surface area contributed by atoms with Gasteiger partial charge in [-0.2, -0.15) is 0 Å². The zero-order valence-electron chi connectivity index (χ0n) is 16.8. The van der Waals surface area contributed by atoms with Crippen LogP contribution < -0.4 is 10.6 Å². The summed E-state index contributed by atoms with van der Waals surface area (Å²) in [7, 11) is 1.77. The predicted octanol–water partition coefficient (Wildman–Crippen LogP) is 0.572. The van der Waals surface area contributed by atoms with Crippen molar-refractivity contribution in [1.82, 2.24) is 15.1 Å². The number of benzene rings is 1. The van der Waals surface area contributed by atoms with Gasteiger partial charge in [-0.25, -0.2) is 0 Å². The lowest BCUT2D eigenvalue weighted by Crippen LogP contribution is -2.63. The van der Waals surface area contributed by atoms with E-state index in [9.17, 15) is 14.4 Å². The molecule has 5 heterocycles. The Morgan fingerprint density at radius 2 is 1.93 bits per heavy atom.